The molecule has 36 heavy (non-hydrogen) atoms. The minimum absolute atomic E-state index is 0.0532. The van der Waals surface area contributed by atoms with E-state index in [4.69, 9.17) is 4.74 Å². The Kier molecular flexibility index (Phi) is 7.21. The Hall–Kier alpha value is -2.28. The summed E-state index contributed by atoms with van der Waals surface area (Å²) in [4.78, 5) is 13.9. The number of fused-ring (bicyclic) bond motifs is 3. The van der Waals surface area contributed by atoms with E-state index in [1.54, 1.807) is 12.1 Å². The van der Waals surface area contributed by atoms with Gasteiger partial charge in [0.1, 0.15) is 11.3 Å². The van der Waals surface area contributed by atoms with Gasteiger partial charge in [0.25, 0.3) is 0 Å². The Labute approximate surface area is 210 Å². The second kappa shape index (κ2) is 10.2. The quantitative estimate of drug-likeness (QED) is 0.439. The SMILES string of the molecule is C[C@H]1CC[C@@H](Oc2ccc3cc(CCCN4C5CC[C@@H]4CC(C(=O)O)C5)ccc3c2C(F)(F)F)CC1. The summed E-state index contributed by atoms with van der Waals surface area (Å²) in [6, 6.07) is 9.24. The standard InChI is InChI=1S/C29H36F3NO3/c1-18-4-10-24(11-5-18)36-26-13-7-20-15-19(6-12-25(20)27(26)29(30,31)32)3-2-14-33-22-8-9-23(33)17-21(16-22)28(34)35/h6-7,12-13,15,18,21-24H,2-5,8-11,14,16-17H2,1H3,(H,34,35)/t18-,21?,22-,23?,24+/m1/s1. The summed E-state index contributed by atoms with van der Waals surface area (Å²) in [6.45, 7) is 3.08. The number of hydrogen-bond acceptors (Lipinski definition) is 3. The average Bonchev–Trinajstić information content (AvgIpc) is 3.06. The molecular weight excluding hydrogens is 467 g/mol. The molecule has 7 heteroatoms. The Morgan fingerprint density at radius 3 is 2.36 bits per heavy atom. The van der Waals surface area contributed by atoms with Gasteiger partial charge in [-0.1, -0.05) is 31.2 Å². The Balaban J connectivity index is 1.27. The summed E-state index contributed by atoms with van der Waals surface area (Å²) in [5, 5.41) is 10.2. The summed E-state index contributed by atoms with van der Waals surface area (Å²) in [5.74, 6) is -0.350. The number of hydrogen-bond donors (Lipinski definition) is 1. The van der Waals surface area contributed by atoms with Crippen LogP contribution in [-0.2, 0) is 17.4 Å². The predicted molar refractivity (Wildman–Crippen MR) is 133 cm³/mol. The highest BCUT2D eigenvalue weighted by molar-refractivity contribution is 5.89. The van der Waals surface area contributed by atoms with Gasteiger partial charge in [0.15, 0.2) is 0 Å². The van der Waals surface area contributed by atoms with E-state index in [0.29, 0.717) is 23.4 Å². The monoisotopic (exact) mass is 503 g/mol. The minimum atomic E-state index is -4.49. The topological polar surface area (TPSA) is 49.8 Å². The number of rotatable bonds is 7. The fourth-order valence-corrected chi connectivity index (χ4v) is 6.74. The highest BCUT2D eigenvalue weighted by Gasteiger charge is 2.42. The smallest absolute Gasteiger partial charge is 0.420 e. The first-order valence-electron chi connectivity index (χ1n) is 13.5. The molecule has 4 nitrogen and oxygen atoms in total. The van der Waals surface area contributed by atoms with Crippen molar-refractivity contribution in [2.75, 3.05) is 6.54 Å². The molecule has 1 N–H and O–H groups in total. The molecule has 3 fully saturated rings. The van der Waals surface area contributed by atoms with Gasteiger partial charge < -0.3 is 9.84 Å². The lowest BCUT2D eigenvalue weighted by molar-refractivity contribution is -0.144. The van der Waals surface area contributed by atoms with Crippen LogP contribution in [0, 0.1) is 11.8 Å². The molecule has 1 aliphatic carbocycles. The van der Waals surface area contributed by atoms with Gasteiger partial charge >= 0.3 is 12.1 Å². The normalized spacial score (nSPS) is 28.9. The molecule has 1 saturated carbocycles. The summed E-state index contributed by atoms with van der Waals surface area (Å²) in [7, 11) is 0. The van der Waals surface area contributed by atoms with Crippen LogP contribution in [0.5, 0.6) is 5.75 Å². The van der Waals surface area contributed by atoms with Crippen LogP contribution >= 0.6 is 0 Å². The van der Waals surface area contributed by atoms with Crippen LogP contribution in [0.1, 0.15) is 75.8 Å². The zero-order chi connectivity index (χ0) is 25.4. The van der Waals surface area contributed by atoms with E-state index in [-0.39, 0.29) is 23.2 Å². The molecule has 0 aromatic heterocycles. The number of aliphatic carboxylic acids is 1. The molecular formula is C29H36F3NO3. The average molecular weight is 504 g/mol. The van der Waals surface area contributed by atoms with Crippen LogP contribution in [-0.4, -0.2) is 40.7 Å². The zero-order valence-electron chi connectivity index (χ0n) is 20.9. The van der Waals surface area contributed by atoms with Crippen LogP contribution in [0.3, 0.4) is 0 Å². The van der Waals surface area contributed by atoms with Crippen molar-refractivity contribution in [3.8, 4) is 5.75 Å². The van der Waals surface area contributed by atoms with Crippen LogP contribution in [0.4, 0.5) is 13.2 Å². The first-order chi connectivity index (χ1) is 17.2. The van der Waals surface area contributed by atoms with Gasteiger partial charge in [-0.2, -0.15) is 13.2 Å². The van der Waals surface area contributed by atoms with Crippen LogP contribution in [0.2, 0.25) is 0 Å². The van der Waals surface area contributed by atoms with E-state index in [9.17, 15) is 23.1 Å². The lowest BCUT2D eigenvalue weighted by Gasteiger charge is -2.37. The third kappa shape index (κ3) is 5.36. The number of piperidine rings is 1. The molecule has 0 spiro atoms. The highest BCUT2D eigenvalue weighted by Crippen LogP contribution is 2.43. The first kappa shape index (κ1) is 25.4. The summed E-state index contributed by atoms with van der Waals surface area (Å²) in [6.07, 6.45) is 4.20. The highest BCUT2D eigenvalue weighted by atomic mass is 19.4. The number of nitrogens with zero attached hydrogens (tertiary/aromatic N) is 1. The fourth-order valence-electron chi connectivity index (χ4n) is 6.74. The molecule has 2 aromatic carbocycles. The van der Waals surface area contributed by atoms with Crippen molar-refractivity contribution in [2.45, 2.75) is 95.5 Å². The van der Waals surface area contributed by atoms with E-state index in [2.05, 4.69) is 11.8 Å². The maximum atomic E-state index is 14.1. The van der Waals surface area contributed by atoms with E-state index >= 15 is 0 Å². The molecule has 2 aromatic rings. The van der Waals surface area contributed by atoms with Crippen molar-refractivity contribution in [2.24, 2.45) is 11.8 Å². The van der Waals surface area contributed by atoms with Gasteiger partial charge in [0.05, 0.1) is 12.0 Å². The van der Waals surface area contributed by atoms with E-state index < -0.39 is 17.7 Å². The summed E-state index contributed by atoms with van der Waals surface area (Å²) in [5.41, 5.74) is 0.362. The maximum absolute atomic E-state index is 14.1. The first-order valence-corrected chi connectivity index (χ1v) is 13.5. The number of ether oxygens (including phenoxy) is 1. The molecule has 2 saturated heterocycles. The molecule has 2 unspecified atom stereocenters. The number of alkyl halides is 3. The van der Waals surface area contributed by atoms with Crippen molar-refractivity contribution in [3.05, 3.63) is 41.5 Å². The van der Waals surface area contributed by atoms with Gasteiger partial charge in [-0.15, -0.1) is 0 Å². The van der Waals surface area contributed by atoms with Crippen molar-refractivity contribution < 1.29 is 27.8 Å². The van der Waals surface area contributed by atoms with Gasteiger partial charge in [0.2, 0.25) is 0 Å². The van der Waals surface area contributed by atoms with Crippen LogP contribution < -0.4 is 4.74 Å². The van der Waals surface area contributed by atoms with E-state index in [0.717, 1.165) is 76.3 Å². The number of aryl methyl sites for hydroxylation is 1. The molecule has 0 radical (unpaired) electrons. The second-order valence-electron chi connectivity index (χ2n) is 11.2. The lowest BCUT2D eigenvalue weighted by atomic mass is 9.89. The number of halogens is 3. The van der Waals surface area contributed by atoms with Gasteiger partial charge in [0, 0.05) is 12.1 Å². The lowest BCUT2D eigenvalue weighted by Crippen LogP contribution is -2.45. The number of carboxylic acids is 1. The van der Waals surface area contributed by atoms with Crippen molar-refractivity contribution in [3.63, 3.8) is 0 Å². The molecule has 5 rings (SSSR count). The van der Waals surface area contributed by atoms with Gasteiger partial charge in [-0.3, -0.25) is 9.69 Å². The predicted octanol–water partition coefficient (Wildman–Crippen LogP) is 7.08. The third-order valence-electron chi connectivity index (χ3n) is 8.70. The molecule has 3 atom stereocenters. The summed E-state index contributed by atoms with van der Waals surface area (Å²) < 4.78 is 48.3. The summed E-state index contributed by atoms with van der Waals surface area (Å²) >= 11 is 0. The molecule has 2 bridgehead atoms. The second-order valence-corrected chi connectivity index (χ2v) is 11.2. The fraction of sp³-hybridized carbons (Fsp3) is 0.621. The van der Waals surface area contributed by atoms with Crippen LogP contribution in [0.25, 0.3) is 10.8 Å². The number of carboxylic acid groups (broad SMARTS) is 1. The largest absolute Gasteiger partial charge is 0.490 e. The van der Waals surface area contributed by atoms with Crippen LogP contribution in [0.15, 0.2) is 30.3 Å². The van der Waals surface area contributed by atoms with Crippen molar-refractivity contribution >= 4 is 16.7 Å². The van der Waals surface area contributed by atoms with E-state index in [1.807, 2.05) is 12.1 Å². The Morgan fingerprint density at radius 2 is 1.72 bits per heavy atom. The molecule has 196 valence electrons. The van der Waals surface area contributed by atoms with Gasteiger partial charge in [-0.25, -0.2) is 0 Å². The number of carbonyl (C=O) groups is 1. The van der Waals surface area contributed by atoms with E-state index in [1.165, 1.54) is 6.07 Å². The van der Waals surface area contributed by atoms with Crippen molar-refractivity contribution in [1.82, 2.24) is 4.90 Å². The van der Waals surface area contributed by atoms with Gasteiger partial charge in [-0.05, 0) is 99.1 Å². The molecule has 0 amide bonds. The Bertz CT molecular complexity index is 1080. The molecule has 3 aliphatic rings. The third-order valence-corrected chi connectivity index (χ3v) is 8.70. The molecule has 2 heterocycles. The van der Waals surface area contributed by atoms with Crippen molar-refractivity contribution in [1.29, 1.82) is 0 Å². The number of benzene rings is 2. The maximum Gasteiger partial charge on any atom is 0.420 e. The Morgan fingerprint density at radius 1 is 1.03 bits per heavy atom. The minimum Gasteiger partial charge on any atom is -0.490 e. The molecule has 2 aliphatic heterocycles. The zero-order valence-corrected chi connectivity index (χ0v) is 20.9.